The van der Waals surface area contributed by atoms with E-state index in [0.29, 0.717) is 17.4 Å². The summed E-state index contributed by atoms with van der Waals surface area (Å²) >= 11 is 0. The molecule has 0 aromatic carbocycles. The van der Waals surface area contributed by atoms with Crippen molar-refractivity contribution in [2.24, 2.45) is 16.3 Å². The van der Waals surface area contributed by atoms with E-state index in [1.54, 1.807) is 0 Å². The summed E-state index contributed by atoms with van der Waals surface area (Å²) in [6, 6.07) is 0. The van der Waals surface area contributed by atoms with Crippen molar-refractivity contribution in [1.82, 2.24) is 10.2 Å². The maximum Gasteiger partial charge on any atom is 0.193 e. The molecule has 1 rings (SSSR count). The SMILES string of the molecule is CCOC(CCNC(=NC)N1CCC(C)(C)C1)C(C)C. The Balaban J connectivity index is 2.39. The van der Waals surface area contributed by atoms with Gasteiger partial charge in [-0.15, -0.1) is 0 Å². The van der Waals surface area contributed by atoms with Crippen LogP contribution in [0.3, 0.4) is 0 Å². The first-order valence-electron chi connectivity index (χ1n) is 7.97. The monoisotopic (exact) mass is 283 g/mol. The molecule has 1 fully saturated rings. The highest BCUT2D eigenvalue weighted by atomic mass is 16.5. The molecule has 20 heavy (non-hydrogen) atoms. The van der Waals surface area contributed by atoms with Crippen LogP contribution in [0.4, 0.5) is 0 Å². The van der Waals surface area contributed by atoms with E-state index in [4.69, 9.17) is 4.74 Å². The summed E-state index contributed by atoms with van der Waals surface area (Å²) in [5.41, 5.74) is 0.406. The van der Waals surface area contributed by atoms with Gasteiger partial charge >= 0.3 is 0 Å². The van der Waals surface area contributed by atoms with Crippen LogP contribution in [-0.2, 0) is 4.74 Å². The fourth-order valence-corrected chi connectivity index (χ4v) is 2.77. The van der Waals surface area contributed by atoms with Crippen LogP contribution in [0, 0.1) is 11.3 Å². The quantitative estimate of drug-likeness (QED) is 0.601. The Hall–Kier alpha value is -0.770. The molecule has 1 unspecified atom stereocenters. The number of aliphatic imine (C=N–C) groups is 1. The van der Waals surface area contributed by atoms with E-state index in [1.165, 1.54) is 6.42 Å². The molecule has 0 aromatic rings. The third kappa shape index (κ3) is 5.31. The molecule has 1 heterocycles. The molecule has 0 radical (unpaired) electrons. The summed E-state index contributed by atoms with van der Waals surface area (Å²) in [6.45, 7) is 15.1. The first kappa shape index (κ1) is 17.3. The average Bonchev–Trinajstić information content (AvgIpc) is 2.73. The summed E-state index contributed by atoms with van der Waals surface area (Å²) in [5.74, 6) is 1.60. The number of nitrogens with zero attached hydrogens (tertiary/aromatic N) is 2. The number of nitrogens with one attached hydrogen (secondary N) is 1. The van der Waals surface area contributed by atoms with E-state index in [2.05, 4.69) is 49.8 Å². The number of rotatable bonds is 6. The number of guanidine groups is 1. The third-order valence-electron chi connectivity index (χ3n) is 4.03. The van der Waals surface area contributed by atoms with E-state index in [9.17, 15) is 0 Å². The van der Waals surface area contributed by atoms with Gasteiger partial charge in [0, 0.05) is 33.3 Å². The lowest BCUT2D eigenvalue weighted by Gasteiger charge is -2.25. The zero-order valence-corrected chi connectivity index (χ0v) is 14.2. The third-order valence-corrected chi connectivity index (χ3v) is 4.03. The van der Waals surface area contributed by atoms with Crippen molar-refractivity contribution in [3.05, 3.63) is 0 Å². The predicted octanol–water partition coefficient (Wildman–Crippen LogP) is 2.74. The van der Waals surface area contributed by atoms with Crippen LogP contribution in [0.1, 0.15) is 47.5 Å². The smallest absolute Gasteiger partial charge is 0.193 e. The second kappa shape index (κ2) is 7.87. The van der Waals surface area contributed by atoms with Gasteiger partial charge in [-0.05, 0) is 31.1 Å². The van der Waals surface area contributed by atoms with Crippen LogP contribution >= 0.6 is 0 Å². The minimum absolute atomic E-state index is 0.334. The molecule has 0 aliphatic carbocycles. The number of likely N-dealkylation sites (tertiary alicyclic amines) is 1. The van der Waals surface area contributed by atoms with Gasteiger partial charge < -0.3 is 15.0 Å². The van der Waals surface area contributed by atoms with Gasteiger partial charge in [-0.2, -0.15) is 0 Å². The van der Waals surface area contributed by atoms with Gasteiger partial charge in [0.05, 0.1) is 6.10 Å². The number of hydrogen-bond acceptors (Lipinski definition) is 2. The first-order chi connectivity index (χ1) is 9.39. The van der Waals surface area contributed by atoms with Crippen LogP contribution in [-0.4, -0.2) is 50.3 Å². The fourth-order valence-electron chi connectivity index (χ4n) is 2.77. The highest BCUT2D eigenvalue weighted by Gasteiger charge is 2.30. The van der Waals surface area contributed by atoms with E-state index < -0.39 is 0 Å². The van der Waals surface area contributed by atoms with Gasteiger partial charge in [-0.1, -0.05) is 27.7 Å². The van der Waals surface area contributed by atoms with Crippen LogP contribution in [0.15, 0.2) is 4.99 Å². The second-order valence-electron chi connectivity index (χ2n) is 6.84. The van der Waals surface area contributed by atoms with E-state index in [1.807, 2.05) is 7.05 Å². The molecule has 1 saturated heterocycles. The van der Waals surface area contributed by atoms with Crippen molar-refractivity contribution in [2.75, 3.05) is 33.3 Å². The normalized spacial score (nSPS) is 20.6. The van der Waals surface area contributed by atoms with Gasteiger partial charge in [-0.25, -0.2) is 0 Å². The molecule has 118 valence electrons. The molecule has 0 saturated carbocycles. The Kier molecular flexibility index (Phi) is 6.80. The zero-order chi connectivity index (χ0) is 15.2. The molecule has 0 aromatic heterocycles. The molecule has 4 nitrogen and oxygen atoms in total. The Morgan fingerprint density at radius 1 is 1.40 bits per heavy atom. The van der Waals surface area contributed by atoms with Gasteiger partial charge in [0.2, 0.25) is 0 Å². The predicted molar refractivity (Wildman–Crippen MR) is 86.2 cm³/mol. The molecular weight excluding hydrogens is 250 g/mol. The van der Waals surface area contributed by atoms with Crippen molar-refractivity contribution in [2.45, 2.75) is 53.6 Å². The lowest BCUT2D eigenvalue weighted by molar-refractivity contribution is 0.0257. The minimum Gasteiger partial charge on any atom is -0.378 e. The standard InChI is InChI=1S/C16H33N3O/c1-7-20-14(13(2)3)8-10-18-15(17-6)19-11-9-16(4,5)12-19/h13-14H,7-12H2,1-6H3,(H,17,18). The van der Waals surface area contributed by atoms with Crippen LogP contribution in [0.2, 0.25) is 0 Å². The number of hydrogen-bond donors (Lipinski definition) is 1. The maximum atomic E-state index is 5.78. The Labute approximate surface area is 125 Å². The molecule has 1 aliphatic heterocycles. The largest absolute Gasteiger partial charge is 0.378 e. The first-order valence-corrected chi connectivity index (χ1v) is 7.97. The van der Waals surface area contributed by atoms with E-state index >= 15 is 0 Å². The molecule has 4 heteroatoms. The van der Waals surface area contributed by atoms with Crippen molar-refractivity contribution in [1.29, 1.82) is 0 Å². The average molecular weight is 283 g/mol. The molecular formula is C16H33N3O. The maximum absolute atomic E-state index is 5.78. The molecule has 1 N–H and O–H groups in total. The topological polar surface area (TPSA) is 36.9 Å². The molecule has 1 atom stereocenters. The van der Waals surface area contributed by atoms with E-state index in [0.717, 1.165) is 38.6 Å². The second-order valence-corrected chi connectivity index (χ2v) is 6.84. The Morgan fingerprint density at radius 2 is 2.10 bits per heavy atom. The highest BCUT2D eigenvalue weighted by molar-refractivity contribution is 5.80. The van der Waals surface area contributed by atoms with Gasteiger partial charge in [0.25, 0.3) is 0 Å². The van der Waals surface area contributed by atoms with Crippen LogP contribution in [0.5, 0.6) is 0 Å². The molecule has 0 bridgehead atoms. The van der Waals surface area contributed by atoms with Crippen LogP contribution < -0.4 is 5.32 Å². The highest BCUT2D eigenvalue weighted by Crippen LogP contribution is 2.28. The molecule has 0 spiro atoms. The van der Waals surface area contributed by atoms with Crippen molar-refractivity contribution < 1.29 is 4.74 Å². The zero-order valence-electron chi connectivity index (χ0n) is 14.2. The van der Waals surface area contributed by atoms with Crippen molar-refractivity contribution in [3.63, 3.8) is 0 Å². The lowest BCUT2D eigenvalue weighted by Crippen LogP contribution is -2.42. The summed E-state index contributed by atoms with van der Waals surface area (Å²) in [4.78, 5) is 6.78. The Bertz CT molecular complexity index is 313. The van der Waals surface area contributed by atoms with E-state index in [-0.39, 0.29) is 0 Å². The fraction of sp³-hybridized carbons (Fsp3) is 0.938. The summed E-state index contributed by atoms with van der Waals surface area (Å²) in [5, 5.41) is 3.49. The molecule has 0 amide bonds. The van der Waals surface area contributed by atoms with Gasteiger partial charge in [0.15, 0.2) is 5.96 Å². The minimum atomic E-state index is 0.334. The summed E-state index contributed by atoms with van der Waals surface area (Å²) < 4.78 is 5.78. The van der Waals surface area contributed by atoms with Gasteiger partial charge in [0.1, 0.15) is 0 Å². The summed E-state index contributed by atoms with van der Waals surface area (Å²) in [7, 11) is 1.87. The van der Waals surface area contributed by atoms with Crippen LogP contribution in [0.25, 0.3) is 0 Å². The number of ether oxygens (including phenoxy) is 1. The Morgan fingerprint density at radius 3 is 2.55 bits per heavy atom. The van der Waals surface area contributed by atoms with Crippen molar-refractivity contribution >= 4 is 5.96 Å². The lowest BCUT2D eigenvalue weighted by atomic mass is 9.93. The van der Waals surface area contributed by atoms with Gasteiger partial charge in [-0.3, -0.25) is 4.99 Å². The summed E-state index contributed by atoms with van der Waals surface area (Å²) in [6.07, 6.45) is 2.60. The van der Waals surface area contributed by atoms with Crippen molar-refractivity contribution in [3.8, 4) is 0 Å². The molecule has 1 aliphatic rings.